The number of benzene rings is 1. The summed E-state index contributed by atoms with van der Waals surface area (Å²) in [5.74, 6) is 0.601. The Balaban J connectivity index is 1.63. The van der Waals surface area contributed by atoms with Crippen LogP contribution in [0.2, 0.25) is 0 Å². The molecule has 1 aromatic carbocycles. The van der Waals surface area contributed by atoms with Gasteiger partial charge in [-0.15, -0.1) is 11.3 Å². The van der Waals surface area contributed by atoms with Crippen LogP contribution >= 0.6 is 11.3 Å². The minimum Gasteiger partial charge on any atom is -0.326 e. The molecule has 5 rings (SSSR count). The molecule has 0 saturated carbocycles. The van der Waals surface area contributed by atoms with Crippen molar-refractivity contribution >= 4 is 21.6 Å². The first kappa shape index (κ1) is 20.4. The summed E-state index contributed by atoms with van der Waals surface area (Å²) < 4.78 is 0.939. The number of hydrogen-bond acceptors (Lipinski definition) is 7. The first-order valence-electron chi connectivity index (χ1n) is 10.4. The third-order valence-electron chi connectivity index (χ3n) is 5.45. The molecule has 0 fully saturated rings. The van der Waals surface area contributed by atoms with E-state index in [1.807, 2.05) is 43.3 Å². The van der Waals surface area contributed by atoms with Gasteiger partial charge in [0.25, 0.3) is 0 Å². The van der Waals surface area contributed by atoms with Crippen LogP contribution < -0.4 is 11.5 Å². The van der Waals surface area contributed by atoms with Crippen LogP contribution in [0.15, 0.2) is 66.3 Å². The van der Waals surface area contributed by atoms with Crippen LogP contribution in [0, 0.1) is 6.92 Å². The molecule has 8 heteroatoms. The first-order chi connectivity index (χ1) is 15.6. The van der Waals surface area contributed by atoms with E-state index in [-0.39, 0.29) is 6.04 Å². The highest BCUT2D eigenvalue weighted by atomic mass is 32.1. The van der Waals surface area contributed by atoms with Crippen LogP contribution in [0.4, 0.5) is 0 Å². The highest BCUT2D eigenvalue weighted by molar-refractivity contribution is 7.17. The van der Waals surface area contributed by atoms with E-state index in [4.69, 9.17) is 21.4 Å². The highest BCUT2D eigenvalue weighted by Gasteiger charge is 2.24. The Morgan fingerprint density at radius 2 is 1.81 bits per heavy atom. The molecule has 2 atom stereocenters. The average Bonchev–Trinajstić information content (AvgIpc) is 3.45. The summed E-state index contributed by atoms with van der Waals surface area (Å²) in [4.78, 5) is 13.9. The monoisotopic (exact) mass is 441 g/mol. The molecule has 2 unspecified atom stereocenters. The van der Waals surface area contributed by atoms with Gasteiger partial charge in [-0.25, -0.2) is 9.97 Å². The van der Waals surface area contributed by atoms with Gasteiger partial charge in [0.15, 0.2) is 5.82 Å². The largest absolute Gasteiger partial charge is 0.326 e. The van der Waals surface area contributed by atoms with Crippen LogP contribution in [0.5, 0.6) is 0 Å². The number of pyridine rings is 1. The lowest BCUT2D eigenvalue weighted by Crippen LogP contribution is -2.36. The van der Waals surface area contributed by atoms with E-state index in [9.17, 15) is 0 Å². The van der Waals surface area contributed by atoms with Gasteiger partial charge in [-0.3, -0.25) is 10.1 Å². The Hall–Kier alpha value is -3.46. The van der Waals surface area contributed by atoms with E-state index in [1.54, 1.807) is 23.7 Å². The van der Waals surface area contributed by atoms with Gasteiger partial charge in [0.2, 0.25) is 0 Å². The number of H-pyrrole nitrogens is 1. The predicted octanol–water partition coefficient (Wildman–Crippen LogP) is 4.02. The number of aryl methyl sites for hydroxylation is 1. The van der Waals surface area contributed by atoms with Crippen molar-refractivity contribution in [3.8, 4) is 22.6 Å². The first-order valence-corrected chi connectivity index (χ1v) is 11.2. The molecule has 5 N–H and O–H groups in total. The van der Waals surface area contributed by atoms with Crippen molar-refractivity contribution in [1.82, 2.24) is 25.1 Å². The van der Waals surface area contributed by atoms with E-state index in [0.717, 1.165) is 44.0 Å². The van der Waals surface area contributed by atoms with Crippen molar-refractivity contribution in [3.63, 3.8) is 0 Å². The Bertz CT molecular complexity index is 1350. The Morgan fingerprint density at radius 3 is 2.53 bits per heavy atom. The van der Waals surface area contributed by atoms with Crippen molar-refractivity contribution in [2.75, 3.05) is 0 Å². The third-order valence-corrected chi connectivity index (χ3v) is 6.44. The Morgan fingerprint density at radius 1 is 1.03 bits per heavy atom. The summed E-state index contributed by atoms with van der Waals surface area (Å²) >= 11 is 1.57. The van der Waals surface area contributed by atoms with Crippen LogP contribution in [-0.2, 0) is 6.42 Å². The molecule has 5 aromatic rings. The molecule has 0 aliphatic heterocycles. The number of fused-ring (bicyclic) bond motifs is 1. The molecule has 0 amide bonds. The van der Waals surface area contributed by atoms with Crippen LogP contribution in [-0.4, -0.2) is 31.2 Å². The lowest BCUT2D eigenvalue weighted by Gasteiger charge is -2.20. The smallest absolute Gasteiger partial charge is 0.160 e. The summed E-state index contributed by atoms with van der Waals surface area (Å²) in [5, 5.41) is 9.50. The molecule has 0 radical (unpaired) electrons. The number of aromatic amines is 1. The Kier molecular flexibility index (Phi) is 5.48. The zero-order valence-corrected chi connectivity index (χ0v) is 18.4. The fraction of sp³-hybridized carbons (Fsp3) is 0.167. The van der Waals surface area contributed by atoms with Gasteiger partial charge >= 0.3 is 0 Å². The molecule has 0 aliphatic carbocycles. The zero-order valence-electron chi connectivity index (χ0n) is 17.6. The molecule has 0 saturated heterocycles. The van der Waals surface area contributed by atoms with Gasteiger partial charge in [0.1, 0.15) is 0 Å². The number of rotatable bonds is 6. The van der Waals surface area contributed by atoms with E-state index in [2.05, 4.69) is 32.7 Å². The van der Waals surface area contributed by atoms with Crippen LogP contribution in [0.1, 0.15) is 23.0 Å². The van der Waals surface area contributed by atoms with Crippen molar-refractivity contribution in [2.24, 2.45) is 11.5 Å². The Labute approximate surface area is 189 Å². The van der Waals surface area contributed by atoms with Gasteiger partial charge in [-0.05, 0) is 37.1 Å². The molecule has 0 bridgehead atoms. The molecule has 32 heavy (non-hydrogen) atoms. The minimum absolute atomic E-state index is 0.293. The lowest BCUT2D eigenvalue weighted by molar-refractivity contribution is 0.537. The van der Waals surface area contributed by atoms with Crippen molar-refractivity contribution < 1.29 is 0 Å². The van der Waals surface area contributed by atoms with Gasteiger partial charge in [0, 0.05) is 40.6 Å². The van der Waals surface area contributed by atoms with Crippen LogP contribution in [0.3, 0.4) is 0 Å². The van der Waals surface area contributed by atoms with Crippen molar-refractivity contribution in [3.05, 3.63) is 83.3 Å². The normalized spacial score (nSPS) is 13.3. The second kappa shape index (κ2) is 8.58. The summed E-state index contributed by atoms with van der Waals surface area (Å²) in [6.07, 6.45) is 4.12. The number of nitrogens with zero attached hydrogens (tertiary/aromatic N) is 4. The quantitative estimate of drug-likeness (QED) is 0.366. The van der Waals surface area contributed by atoms with Gasteiger partial charge < -0.3 is 11.5 Å². The van der Waals surface area contributed by atoms with Crippen LogP contribution in [0.25, 0.3) is 32.9 Å². The predicted molar refractivity (Wildman–Crippen MR) is 128 cm³/mol. The van der Waals surface area contributed by atoms with E-state index >= 15 is 0 Å². The van der Waals surface area contributed by atoms with E-state index in [1.165, 1.54) is 0 Å². The minimum atomic E-state index is -0.450. The third kappa shape index (κ3) is 3.91. The molecule has 160 valence electrons. The second-order valence-electron chi connectivity index (χ2n) is 7.81. The average molecular weight is 442 g/mol. The van der Waals surface area contributed by atoms with Gasteiger partial charge in [0.05, 0.1) is 27.6 Å². The summed E-state index contributed by atoms with van der Waals surface area (Å²) in [7, 11) is 0. The lowest BCUT2D eigenvalue weighted by atomic mass is 9.97. The summed E-state index contributed by atoms with van der Waals surface area (Å²) in [5.41, 5.74) is 19.7. The zero-order chi connectivity index (χ0) is 22.1. The fourth-order valence-corrected chi connectivity index (χ4v) is 4.79. The maximum atomic E-state index is 6.71. The number of hydrogen-bond donors (Lipinski definition) is 3. The van der Waals surface area contributed by atoms with E-state index < -0.39 is 6.04 Å². The molecular weight excluding hydrogens is 418 g/mol. The highest BCUT2D eigenvalue weighted by Crippen LogP contribution is 2.37. The number of thiophene rings is 1. The fourth-order valence-electron chi connectivity index (χ4n) is 3.75. The topological polar surface area (TPSA) is 119 Å². The van der Waals surface area contributed by atoms with Gasteiger partial charge in [-0.1, -0.05) is 30.3 Å². The van der Waals surface area contributed by atoms with Gasteiger partial charge in [-0.2, -0.15) is 5.10 Å². The maximum Gasteiger partial charge on any atom is 0.160 e. The summed E-state index contributed by atoms with van der Waals surface area (Å²) in [6, 6.07) is 15.2. The van der Waals surface area contributed by atoms with Crippen molar-refractivity contribution in [1.29, 1.82) is 0 Å². The molecule has 0 aliphatic rings. The number of nitrogens with two attached hydrogens (primary N) is 2. The standard InChI is InChI=1S/C24H23N7S/c1-14-11-19(31-30-14)17-13-32-23-21(17)28-24(16-7-9-27-10-8-16)29-22(23)20(26)18(25)12-15-5-3-2-4-6-15/h2-11,13,18,20H,12,25-26H2,1H3,(H,30,31). The molecule has 4 heterocycles. The van der Waals surface area contributed by atoms with Crippen molar-refractivity contribution in [2.45, 2.75) is 25.4 Å². The molecule has 0 spiro atoms. The van der Waals surface area contributed by atoms with E-state index in [0.29, 0.717) is 12.2 Å². The SMILES string of the molecule is Cc1cc(-c2csc3c(C(N)C(N)Cc4ccccc4)nc(-c4ccncc4)nc23)n[nH]1. The molecule has 7 nitrogen and oxygen atoms in total. The number of nitrogens with one attached hydrogen (secondary N) is 1. The molecular formula is C24H23N7S. The second-order valence-corrected chi connectivity index (χ2v) is 8.69. The summed E-state index contributed by atoms with van der Waals surface area (Å²) in [6.45, 7) is 1.98. The maximum absolute atomic E-state index is 6.71. The number of aromatic nitrogens is 5. The molecule has 4 aromatic heterocycles.